The zero-order chi connectivity index (χ0) is 15.4. The number of hydrogen-bond donors (Lipinski definition) is 1. The van der Waals surface area contributed by atoms with Crippen LogP contribution in [-0.2, 0) is 4.74 Å². The van der Waals surface area contributed by atoms with Crippen LogP contribution in [0.4, 0.5) is 0 Å². The van der Waals surface area contributed by atoms with Crippen molar-refractivity contribution in [3.8, 4) is 5.75 Å². The summed E-state index contributed by atoms with van der Waals surface area (Å²) in [6.07, 6.45) is -0.0944. The van der Waals surface area contributed by atoms with Gasteiger partial charge >= 0.3 is 0 Å². The van der Waals surface area contributed by atoms with E-state index in [0.717, 1.165) is 27.8 Å². The minimum atomic E-state index is -0.516. The van der Waals surface area contributed by atoms with Crippen LogP contribution in [0.2, 0.25) is 0 Å². The third-order valence-corrected chi connectivity index (χ3v) is 4.40. The van der Waals surface area contributed by atoms with Gasteiger partial charge in [0.05, 0.1) is 16.7 Å². The highest BCUT2D eigenvalue weighted by Crippen LogP contribution is 2.28. The molecular weight excluding hydrogens is 402 g/mol. The molecule has 2 rings (SSSR count). The quantitative estimate of drug-likeness (QED) is 0.791. The van der Waals surface area contributed by atoms with Crippen LogP contribution in [0, 0.1) is 0 Å². The summed E-state index contributed by atoms with van der Waals surface area (Å²) >= 11 is 6.85. The van der Waals surface area contributed by atoms with Crippen molar-refractivity contribution in [3.63, 3.8) is 0 Å². The van der Waals surface area contributed by atoms with Crippen LogP contribution in [-0.4, -0.2) is 54.6 Å². The lowest BCUT2D eigenvalue weighted by molar-refractivity contribution is -0.0787. The fraction of sp³-hybridized carbons (Fsp3) is 0.600. The predicted octanol–water partition coefficient (Wildman–Crippen LogP) is 3.06. The van der Waals surface area contributed by atoms with E-state index in [4.69, 9.17) is 9.47 Å². The van der Waals surface area contributed by atoms with Crippen LogP contribution >= 0.6 is 31.9 Å². The molecule has 0 spiro atoms. The van der Waals surface area contributed by atoms with Crippen LogP contribution in [0.25, 0.3) is 0 Å². The number of aliphatic hydroxyl groups excluding tert-OH is 1. The molecule has 1 aliphatic rings. The van der Waals surface area contributed by atoms with E-state index < -0.39 is 6.10 Å². The van der Waals surface area contributed by atoms with Crippen molar-refractivity contribution >= 4 is 31.9 Å². The standard InChI is InChI=1S/C15H21Br2NO3/c1-10-6-18(7-11(2)21-10)8-13(19)9-20-15-4-3-12(16)5-14(15)17/h3-5,10-11,13,19H,6-9H2,1-2H3/t10-,11-,13+/m1/s1. The first-order valence-electron chi connectivity index (χ1n) is 7.07. The van der Waals surface area contributed by atoms with Gasteiger partial charge in [0.15, 0.2) is 0 Å². The zero-order valence-corrected chi connectivity index (χ0v) is 15.4. The Labute approximate surface area is 142 Å². The van der Waals surface area contributed by atoms with Gasteiger partial charge in [-0.25, -0.2) is 0 Å². The lowest BCUT2D eigenvalue weighted by atomic mass is 10.2. The average molecular weight is 423 g/mol. The average Bonchev–Trinajstić information content (AvgIpc) is 2.36. The van der Waals surface area contributed by atoms with Gasteiger partial charge in [-0.3, -0.25) is 4.90 Å². The van der Waals surface area contributed by atoms with E-state index >= 15 is 0 Å². The number of benzene rings is 1. The monoisotopic (exact) mass is 421 g/mol. The Balaban J connectivity index is 1.80. The molecule has 1 heterocycles. The van der Waals surface area contributed by atoms with Gasteiger partial charge in [0.25, 0.3) is 0 Å². The van der Waals surface area contributed by atoms with E-state index in [0.29, 0.717) is 6.54 Å². The summed E-state index contributed by atoms with van der Waals surface area (Å²) in [7, 11) is 0. The zero-order valence-electron chi connectivity index (χ0n) is 12.3. The molecule has 1 fully saturated rings. The Morgan fingerprint density at radius 3 is 2.62 bits per heavy atom. The molecule has 1 aromatic rings. The molecule has 0 amide bonds. The second-order valence-corrected chi connectivity index (χ2v) is 7.29. The van der Waals surface area contributed by atoms with Crippen molar-refractivity contribution in [3.05, 3.63) is 27.1 Å². The van der Waals surface area contributed by atoms with Gasteiger partial charge in [-0.2, -0.15) is 0 Å². The number of halogens is 2. The molecule has 3 atom stereocenters. The minimum absolute atomic E-state index is 0.211. The largest absolute Gasteiger partial charge is 0.490 e. The highest BCUT2D eigenvalue weighted by molar-refractivity contribution is 9.11. The number of aliphatic hydroxyl groups is 1. The summed E-state index contributed by atoms with van der Waals surface area (Å²) in [6.45, 7) is 6.70. The second kappa shape index (κ2) is 7.92. The molecule has 0 bridgehead atoms. The molecule has 6 heteroatoms. The maximum Gasteiger partial charge on any atom is 0.133 e. The highest BCUT2D eigenvalue weighted by atomic mass is 79.9. The van der Waals surface area contributed by atoms with Crippen LogP contribution < -0.4 is 4.74 Å². The van der Waals surface area contributed by atoms with Crippen molar-refractivity contribution in [2.45, 2.75) is 32.2 Å². The van der Waals surface area contributed by atoms with Crippen molar-refractivity contribution < 1.29 is 14.6 Å². The molecule has 0 aromatic heterocycles. The van der Waals surface area contributed by atoms with Crippen molar-refractivity contribution in [2.75, 3.05) is 26.2 Å². The Kier molecular flexibility index (Phi) is 6.50. The van der Waals surface area contributed by atoms with Crippen molar-refractivity contribution in [1.29, 1.82) is 0 Å². The smallest absolute Gasteiger partial charge is 0.133 e. The summed E-state index contributed by atoms with van der Waals surface area (Å²) in [5.74, 6) is 0.737. The number of hydrogen-bond acceptors (Lipinski definition) is 4. The van der Waals surface area contributed by atoms with Gasteiger partial charge in [0, 0.05) is 24.1 Å². The molecule has 0 radical (unpaired) electrons. The second-order valence-electron chi connectivity index (χ2n) is 5.52. The first-order valence-corrected chi connectivity index (χ1v) is 8.66. The van der Waals surface area contributed by atoms with E-state index in [-0.39, 0.29) is 18.8 Å². The summed E-state index contributed by atoms with van der Waals surface area (Å²) in [4.78, 5) is 2.23. The SMILES string of the molecule is C[C@@H]1CN(C[C@H](O)COc2ccc(Br)cc2Br)C[C@@H](C)O1. The maximum absolute atomic E-state index is 10.1. The lowest BCUT2D eigenvalue weighted by Crippen LogP contribution is -2.48. The molecule has 118 valence electrons. The van der Waals surface area contributed by atoms with Gasteiger partial charge < -0.3 is 14.6 Å². The maximum atomic E-state index is 10.1. The molecule has 1 aliphatic heterocycles. The molecule has 1 saturated heterocycles. The summed E-state index contributed by atoms with van der Waals surface area (Å²) in [5, 5.41) is 10.1. The van der Waals surface area contributed by atoms with E-state index in [1.165, 1.54) is 0 Å². The highest BCUT2D eigenvalue weighted by Gasteiger charge is 2.24. The van der Waals surface area contributed by atoms with Crippen LogP contribution in [0.3, 0.4) is 0 Å². The number of morpholine rings is 1. The Morgan fingerprint density at radius 2 is 2.00 bits per heavy atom. The molecule has 0 unspecified atom stereocenters. The fourth-order valence-electron chi connectivity index (χ4n) is 2.56. The third kappa shape index (κ3) is 5.53. The third-order valence-electron chi connectivity index (χ3n) is 3.29. The van der Waals surface area contributed by atoms with Gasteiger partial charge in [-0.1, -0.05) is 15.9 Å². The van der Waals surface area contributed by atoms with E-state index in [2.05, 4.69) is 50.6 Å². The first kappa shape index (κ1) is 17.2. The van der Waals surface area contributed by atoms with Crippen LogP contribution in [0.15, 0.2) is 27.1 Å². The van der Waals surface area contributed by atoms with Crippen LogP contribution in [0.1, 0.15) is 13.8 Å². The van der Waals surface area contributed by atoms with Crippen molar-refractivity contribution in [1.82, 2.24) is 4.90 Å². The fourth-order valence-corrected chi connectivity index (χ4v) is 3.72. The normalized spacial score (nSPS) is 24.8. The van der Waals surface area contributed by atoms with Gasteiger partial charge in [0.1, 0.15) is 18.5 Å². The number of ether oxygens (including phenoxy) is 2. The topological polar surface area (TPSA) is 41.9 Å². The Bertz CT molecular complexity index is 462. The van der Waals surface area contributed by atoms with E-state index in [1.54, 1.807) is 0 Å². The van der Waals surface area contributed by atoms with Gasteiger partial charge in [-0.05, 0) is 48.0 Å². The van der Waals surface area contributed by atoms with E-state index in [1.807, 2.05) is 18.2 Å². The number of nitrogens with zero attached hydrogens (tertiary/aromatic N) is 1. The lowest BCUT2D eigenvalue weighted by Gasteiger charge is -2.36. The van der Waals surface area contributed by atoms with E-state index in [9.17, 15) is 5.11 Å². The molecule has 1 N–H and O–H groups in total. The Morgan fingerprint density at radius 1 is 1.33 bits per heavy atom. The summed E-state index contributed by atoms with van der Waals surface area (Å²) < 4.78 is 13.2. The minimum Gasteiger partial charge on any atom is -0.490 e. The molecule has 4 nitrogen and oxygen atoms in total. The molecule has 0 saturated carbocycles. The first-order chi connectivity index (χ1) is 9.94. The Hall–Kier alpha value is -0.140. The molecular formula is C15H21Br2NO3. The summed E-state index contributed by atoms with van der Waals surface area (Å²) in [5.41, 5.74) is 0. The number of β-amino-alcohol motifs (C(OH)–C–C–N with tert-alkyl or cyclic N) is 1. The summed E-state index contributed by atoms with van der Waals surface area (Å²) in [6, 6.07) is 5.71. The van der Waals surface area contributed by atoms with Gasteiger partial charge in [-0.15, -0.1) is 0 Å². The number of rotatable bonds is 5. The predicted molar refractivity (Wildman–Crippen MR) is 89.8 cm³/mol. The van der Waals surface area contributed by atoms with Crippen LogP contribution in [0.5, 0.6) is 5.75 Å². The molecule has 0 aliphatic carbocycles. The molecule has 21 heavy (non-hydrogen) atoms. The van der Waals surface area contributed by atoms with Crippen molar-refractivity contribution in [2.24, 2.45) is 0 Å². The van der Waals surface area contributed by atoms with Gasteiger partial charge in [0.2, 0.25) is 0 Å². The molecule has 1 aromatic carbocycles.